The molecule has 55 heavy (non-hydrogen) atoms. The molecule has 0 amide bonds. The topological polar surface area (TPSA) is 235 Å². The van der Waals surface area contributed by atoms with Gasteiger partial charge in [0, 0.05) is 63.5 Å². The Balaban J connectivity index is 0.000000204. The van der Waals surface area contributed by atoms with Gasteiger partial charge in [-0.15, -0.1) is 0 Å². The molecule has 4 bridgehead atoms. The van der Waals surface area contributed by atoms with E-state index < -0.39 is 43.0 Å². The molecule has 2 aromatic carbocycles. The molecule has 15 nitrogen and oxygen atoms in total. The van der Waals surface area contributed by atoms with Crippen molar-refractivity contribution >= 4 is 55.0 Å². The minimum atomic E-state index is -3.81. The smallest absolute Gasteiger partial charge is 0.870 e. The summed E-state index contributed by atoms with van der Waals surface area (Å²) in [7, 11) is -7.55. The first-order chi connectivity index (χ1) is 25.3. The van der Waals surface area contributed by atoms with Crippen LogP contribution in [0.15, 0.2) is 70.7 Å². The monoisotopic (exact) mass is 844 g/mol. The van der Waals surface area contributed by atoms with Crippen LogP contribution < -0.4 is 34.9 Å². The number of H-pyrrole nitrogens is 2. The molecule has 0 radical (unpaired) electrons. The van der Waals surface area contributed by atoms with E-state index in [9.17, 15) is 31.5 Å². The molecule has 2 aromatic heterocycles. The van der Waals surface area contributed by atoms with Crippen molar-refractivity contribution in [1.82, 2.24) is 30.0 Å². The van der Waals surface area contributed by atoms with Crippen molar-refractivity contribution < 1.29 is 71.3 Å². The zero-order valence-corrected chi connectivity index (χ0v) is 35.1. The number of esters is 1. The van der Waals surface area contributed by atoms with Crippen LogP contribution in [0.1, 0.15) is 67.2 Å². The summed E-state index contributed by atoms with van der Waals surface area (Å²) in [5.74, 6) is -2.67. The first-order valence-corrected chi connectivity index (χ1v) is 21.0. The molecule has 0 spiro atoms. The average molecular weight is 846 g/mol. The molecule has 8 rings (SSSR count). The summed E-state index contributed by atoms with van der Waals surface area (Å²) in [6.45, 7) is 2.08. The zero-order chi connectivity index (χ0) is 37.7. The predicted octanol–water partition coefficient (Wildman–Crippen LogP) is 1.48. The Morgan fingerprint density at radius 1 is 0.855 bits per heavy atom. The predicted molar refractivity (Wildman–Crippen MR) is 195 cm³/mol. The van der Waals surface area contributed by atoms with Crippen molar-refractivity contribution in [2.24, 2.45) is 11.8 Å². The van der Waals surface area contributed by atoms with Crippen LogP contribution in [0.4, 0.5) is 0 Å². The van der Waals surface area contributed by atoms with E-state index in [-0.39, 0.29) is 87.7 Å². The number of carboxylic acids is 1. The van der Waals surface area contributed by atoms with Crippen molar-refractivity contribution in [2.45, 2.75) is 84.7 Å². The van der Waals surface area contributed by atoms with E-state index in [0.717, 1.165) is 22.5 Å². The van der Waals surface area contributed by atoms with Crippen molar-refractivity contribution in [3.63, 3.8) is 0 Å². The number of ether oxygens (including phenoxy) is 1. The third kappa shape index (κ3) is 8.56. The van der Waals surface area contributed by atoms with Crippen LogP contribution in [-0.4, -0.2) is 88.0 Å². The van der Waals surface area contributed by atoms with Gasteiger partial charge in [-0.3, -0.25) is 19.8 Å². The minimum absolute atomic E-state index is 0. The summed E-state index contributed by atoms with van der Waals surface area (Å²) in [6.07, 6.45) is 5.70. The number of rotatable bonds is 7. The molecule has 290 valence electrons. The fourth-order valence-corrected chi connectivity index (χ4v) is 12.3. The third-order valence-corrected chi connectivity index (χ3v) is 15.3. The SMILES string of the molecule is CCOC(=O)C1CC2Cc3[nH]ncc3C(C1)N2S(=O)(=O)c1ccc(Cl)cc1.O=C(O)C1CC2NC(Cc3[nH]ncc32)CC1S(=O)(=O)c1ccc(Cl)cc1.[Na+].[OH-]. The maximum atomic E-state index is 13.4. The van der Waals surface area contributed by atoms with Crippen molar-refractivity contribution in [2.75, 3.05) is 6.61 Å². The average Bonchev–Trinajstić information content (AvgIpc) is 3.76. The number of hydrogen-bond acceptors (Lipinski definition) is 11. The first-order valence-electron chi connectivity index (χ1n) is 17.3. The molecule has 4 aromatic rings. The molecule has 2 saturated heterocycles. The molecule has 5 N–H and O–H groups in total. The van der Waals surface area contributed by atoms with E-state index >= 15 is 0 Å². The number of benzene rings is 2. The van der Waals surface area contributed by atoms with Crippen LogP contribution in [-0.2, 0) is 47.0 Å². The van der Waals surface area contributed by atoms with Crippen LogP contribution in [0.3, 0.4) is 0 Å². The van der Waals surface area contributed by atoms with Crippen LogP contribution in [0.25, 0.3) is 0 Å². The molecule has 2 fully saturated rings. The maximum absolute atomic E-state index is 13.4. The summed E-state index contributed by atoms with van der Waals surface area (Å²) >= 11 is 11.8. The molecule has 0 aliphatic carbocycles. The van der Waals surface area contributed by atoms with Gasteiger partial charge >= 0.3 is 41.5 Å². The normalized spacial score (nSPS) is 25.6. The third-order valence-electron chi connectivity index (χ3n) is 10.6. The van der Waals surface area contributed by atoms with E-state index in [2.05, 4.69) is 25.7 Å². The van der Waals surface area contributed by atoms with Crippen LogP contribution in [0.2, 0.25) is 10.0 Å². The minimum Gasteiger partial charge on any atom is -0.870 e. The maximum Gasteiger partial charge on any atom is 1.00 e. The molecule has 7 unspecified atom stereocenters. The second-order valence-corrected chi connectivity index (χ2v) is 18.6. The number of aliphatic carboxylic acids is 1. The summed E-state index contributed by atoms with van der Waals surface area (Å²) in [4.78, 5) is 24.6. The van der Waals surface area contributed by atoms with Crippen LogP contribution in [0, 0.1) is 11.8 Å². The van der Waals surface area contributed by atoms with E-state index in [4.69, 9.17) is 27.9 Å². The Labute approximate surface area is 350 Å². The Kier molecular flexibility index (Phi) is 13.6. The van der Waals surface area contributed by atoms with Crippen molar-refractivity contribution in [1.29, 1.82) is 0 Å². The Bertz CT molecular complexity index is 2220. The number of nitrogens with zero attached hydrogens (tertiary/aromatic N) is 3. The summed E-state index contributed by atoms with van der Waals surface area (Å²) in [5, 5.41) is 27.1. The first kappa shape index (κ1) is 43.3. The number of sulfone groups is 1. The number of aromatic nitrogens is 4. The number of halogens is 2. The molecule has 4 aliphatic heterocycles. The van der Waals surface area contributed by atoms with Gasteiger partial charge in [0.15, 0.2) is 9.84 Å². The second-order valence-electron chi connectivity index (χ2n) is 13.8. The largest absolute Gasteiger partial charge is 1.00 e. The Morgan fingerprint density at radius 2 is 1.44 bits per heavy atom. The van der Waals surface area contributed by atoms with Gasteiger partial charge in [0.2, 0.25) is 10.0 Å². The van der Waals surface area contributed by atoms with Crippen LogP contribution >= 0.6 is 23.2 Å². The van der Waals surface area contributed by atoms with Gasteiger partial charge in [-0.1, -0.05) is 23.2 Å². The van der Waals surface area contributed by atoms with E-state index in [1.165, 1.54) is 36.4 Å². The molecular weight excluding hydrogens is 806 g/mol. The summed E-state index contributed by atoms with van der Waals surface area (Å²) < 4.78 is 59.9. The zero-order valence-electron chi connectivity index (χ0n) is 29.9. The molecule has 4 aliphatic rings. The number of carbonyl (C=O) groups excluding carboxylic acids is 1. The molecule has 6 heterocycles. The van der Waals surface area contributed by atoms with Gasteiger partial charge in [-0.2, -0.15) is 14.5 Å². The van der Waals surface area contributed by atoms with Gasteiger partial charge < -0.3 is 20.6 Å². The van der Waals surface area contributed by atoms with E-state index in [1.54, 1.807) is 35.8 Å². The summed E-state index contributed by atoms with van der Waals surface area (Å²) in [5.41, 5.74) is 3.65. The van der Waals surface area contributed by atoms with E-state index in [1.807, 2.05) is 0 Å². The summed E-state index contributed by atoms with van der Waals surface area (Å²) in [6, 6.07) is 11.0. The van der Waals surface area contributed by atoms with Crippen LogP contribution in [0.5, 0.6) is 0 Å². The van der Waals surface area contributed by atoms with Gasteiger partial charge in [0.1, 0.15) is 0 Å². The van der Waals surface area contributed by atoms with Gasteiger partial charge in [-0.05, 0) is 81.1 Å². The second kappa shape index (κ2) is 17.3. The molecule has 7 atom stereocenters. The molecule has 0 saturated carbocycles. The molecular formula is C35H39Cl2N6NaO9S2. The Morgan fingerprint density at radius 3 is 2.04 bits per heavy atom. The fraction of sp³-hybridized carbons (Fsp3) is 0.429. The number of sulfonamides is 1. The number of aromatic amines is 2. The quantitative estimate of drug-likeness (QED) is 0.153. The van der Waals surface area contributed by atoms with Gasteiger partial charge in [0.25, 0.3) is 0 Å². The van der Waals surface area contributed by atoms with Gasteiger partial charge in [-0.25, -0.2) is 16.8 Å². The number of nitrogens with one attached hydrogen (secondary N) is 3. The standard InChI is InChI=1S/C18H20ClN3O4S.C17H18ClN3O4S.Na.H2O/c1-2-26-18(23)11-7-13-9-16-15(10-20-21-16)17(8-11)22(13)27(24,25)14-5-3-12(19)4-6-14;18-9-1-3-11(4-2-9)26(24,25)16-6-10-5-15-13(8-19-21-15)14(20-10)7-12(16)17(22)23;;/h3-6,10-11,13,17H,2,7-9H2,1H3,(H,20,21);1-4,8,10,12,14,16,20H,5-7H2,(H,19,21)(H,22,23);;1H2/q;;+1;/p-1. The number of piperidine rings is 1. The Hall–Kier alpha value is -2.84. The van der Waals surface area contributed by atoms with Crippen molar-refractivity contribution in [3.8, 4) is 0 Å². The number of fused-ring (bicyclic) bond motifs is 8. The molecule has 20 heteroatoms. The number of carboxylic acid groups (broad SMARTS) is 1. The number of carbonyl (C=O) groups is 2. The van der Waals surface area contributed by atoms with Gasteiger partial charge in [0.05, 0.1) is 51.9 Å². The van der Waals surface area contributed by atoms with E-state index in [0.29, 0.717) is 42.3 Å². The van der Waals surface area contributed by atoms with Crippen molar-refractivity contribution in [3.05, 3.63) is 93.5 Å². The number of hydrogen-bond donors (Lipinski definition) is 4. The fourth-order valence-electron chi connectivity index (χ4n) is 8.21.